The number of rotatable bonds is 4. The number of carbonyl (C=O) groups excluding carboxylic acids is 1. The van der Waals surface area contributed by atoms with E-state index in [1.165, 1.54) is 11.3 Å². The highest BCUT2D eigenvalue weighted by atomic mass is 32.1. The van der Waals surface area contributed by atoms with Crippen LogP contribution in [0.25, 0.3) is 11.3 Å². The molecule has 0 aliphatic rings. The van der Waals surface area contributed by atoms with Crippen LogP contribution in [0.15, 0.2) is 53.9 Å². The van der Waals surface area contributed by atoms with Crippen LogP contribution < -0.4 is 10.1 Å². The van der Waals surface area contributed by atoms with Gasteiger partial charge in [-0.3, -0.25) is 10.1 Å². The van der Waals surface area contributed by atoms with Gasteiger partial charge >= 0.3 is 0 Å². The molecule has 0 unspecified atom stereocenters. The van der Waals surface area contributed by atoms with Crippen molar-refractivity contribution in [1.82, 2.24) is 4.98 Å². The largest absolute Gasteiger partial charge is 0.497 e. The van der Waals surface area contributed by atoms with Gasteiger partial charge < -0.3 is 4.74 Å². The molecular weight excluding hydrogens is 308 g/mol. The van der Waals surface area contributed by atoms with Crippen molar-refractivity contribution in [1.29, 1.82) is 0 Å². The predicted molar refractivity (Wildman–Crippen MR) is 93.2 cm³/mol. The maximum atomic E-state index is 12.3. The van der Waals surface area contributed by atoms with Crippen molar-refractivity contribution in [3.8, 4) is 17.0 Å². The van der Waals surface area contributed by atoms with Crippen LogP contribution >= 0.6 is 11.3 Å². The zero-order valence-corrected chi connectivity index (χ0v) is 13.7. The Morgan fingerprint density at radius 3 is 2.57 bits per heavy atom. The molecule has 23 heavy (non-hydrogen) atoms. The second-order valence-electron chi connectivity index (χ2n) is 5.04. The molecule has 3 aromatic rings. The maximum absolute atomic E-state index is 12.3. The molecule has 2 aromatic carbocycles. The van der Waals surface area contributed by atoms with Gasteiger partial charge in [-0.2, -0.15) is 0 Å². The van der Waals surface area contributed by atoms with Gasteiger partial charge in [0.15, 0.2) is 5.13 Å². The zero-order valence-electron chi connectivity index (χ0n) is 12.9. The summed E-state index contributed by atoms with van der Waals surface area (Å²) >= 11 is 1.41. The molecule has 0 fully saturated rings. The number of nitrogens with one attached hydrogen (secondary N) is 1. The van der Waals surface area contributed by atoms with Gasteiger partial charge in [-0.25, -0.2) is 4.98 Å². The van der Waals surface area contributed by atoms with E-state index in [9.17, 15) is 4.79 Å². The average molecular weight is 324 g/mol. The number of hydrogen-bond donors (Lipinski definition) is 1. The molecule has 0 aliphatic carbocycles. The summed E-state index contributed by atoms with van der Waals surface area (Å²) in [5, 5.41) is 5.37. The number of nitrogens with zero attached hydrogens (tertiary/aromatic N) is 1. The zero-order chi connectivity index (χ0) is 16.2. The van der Waals surface area contributed by atoms with E-state index in [1.807, 2.05) is 60.8 Å². The lowest BCUT2D eigenvalue weighted by Crippen LogP contribution is -2.12. The molecule has 1 heterocycles. The van der Waals surface area contributed by atoms with Crippen molar-refractivity contribution in [2.45, 2.75) is 6.92 Å². The minimum atomic E-state index is -0.140. The topological polar surface area (TPSA) is 51.2 Å². The summed E-state index contributed by atoms with van der Waals surface area (Å²) in [6, 6.07) is 15.2. The third-order valence-corrected chi connectivity index (χ3v) is 4.26. The number of amides is 1. The molecular formula is C18H16N2O2S. The van der Waals surface area contributed by atoms with Gasteiger partial charge in [0.1, 0.15) is 5.75 Å². The average Bonchev–Trinajstić information content (AvgIpc) is 3.03. The number of aryl methyl sites for hydroxylation is 1. The summed E-state index contributed by atoms with van der Waals surface area (Å²) in [4.78, 5) is 16.8. The number of carbonyl (C=O) groups is 1. The monoisotopic (exact) mass is 324 g/mol. The Balaban J connectivity index is 1.76. The first-order valence-electron chi connectivity index (χ1n) is 7.14. The van der Waals surface area contributed by atoms with Gasteiger partial charge in [-0.15, -0.1) is 11.3 Å². The Morgan fingerprint density at radius 2 is 1.87 bits per heavy atom. The Morgan fingerprint density at radius 1 is 1.13 bits per heavy atom. The standard InChI is InChI=1S/C18H16N2O2S/c1-12-5-3-4-6-15(12)17(21)20-18-19-16(11-23-18)13-7-9-14(22-2)10-8-13/h3-11H,1-2H3,(H,19,20,21). The molecule has 0 spiro atoms. The lowest BCUT2D eigenvalue weighted by Gasteiger charge is -2.04. The van der Waals surface area contributed by atoms with Crippen molar-refractivity contribution in [2.24, 2.45) is 0 Å². The molecule has 0 saturated carbocycles. The first kappa shape index (κ1) is 15.2. The normalized spacial score (nSPS) is 10.3. The maximum Gasteiger partial charge on any atom is 0.257 e. The number of benzene rings is 2. The molecule has 0 aliphatic heterocycles. The molecule has 1 amide bonds. The van der Waals surface area contributed by atoms with E-state index in [2.05, 4.69) is 10.3 Å². The van der Waals surface area contributed by atoms with E-state index in [4.69, 9.17) is 4.74 Å². The van der Waals surface area contributed by atoms with E-state index >= 15 is 0 Å². The van der Waals surface area contributed by atoms with Crippen molar-refractivity contribution in [2.75, 3.05) is 12.4 Å². The minimum absolute atomic E-state index is 0.140. The van der Waals surface area contributed by atoms with Crippen molar-refractivity contribution in [3.05, 3.63) is 65.0 Å². The van der Waals surface area contributed by atoms with E-state index in [-0.39, 0.29) is 5.91 Å². The highest BCUT2D eigenvalue weighted by molar-refractivity contribution is 7.14. The Kier molecular flexibility index (Phi) is 4.39. The van der Waals surface area contributed by atoms with Crippen LogP contribution in [-0.4, -0.2) is 18.0 Å². The number of thiazole rings is 1. The van der Waals surface area contributed by atoms with Crippen LogP contribution in [0.3, 0.4) is 0 Å². The lowest BCUT2D eigenvalue weighted by atomic mass is 10.1. The first-order valence-corrected chi connectivity index (χ1v) is 8.02. The van der Waals surface area contributed by atoms with Gasteiger partial charge in [0.05, 0.1) is 12.8 Å². The number of methoxy groups -OCH3 is 1. The quantitative estimate of drug-likeness (QED) is 0.775. The van der Waals surface area contributed by atoms with E-state index < -0.39 is 0 Å². The fraction of sp³-hybridized carbons (Fsp3) is 0.111. The molecule has 4 nitrogen and oxygen atoms in total. The van der Waals surface area contributed by atoms with Crippen LogP contribution in [0.1, 0.15) is 15.9 Å². The predicted octanol–water partition coefficient (Wildman–Crippen LogP) is 4.38. The Bertz CT molecular complexity index is 825. The van der Waals surface area contributed by atoms with Crippen molar-refractivity contribution in [3.63, 3.8) is 0 Å². The minimum Gasteiger partial charge on any atom is -0.497 e. The van der Waals surface area contributed by atoms with Crippen LogP contribution in [0, 0.1) is 6.92 Å². The lowest BCUT2D eigenvalue weighted by molar-refractivity contribution is 0.102. The van der Waals surface area contributed by atoms with Gasteiger partial charge in [0.2, 0.25) is 0 Å². The molecule has 0 saturated heterocycles. The van der Waals surface area contributed by atoms with Crippen molar-refractivity contribution < 1.29 is 9.53 Å². The molecule has 0 bridgehead atoms. The summed E-state index contributed by atoms with van der Waals surface area (Å²) in [5.41, 5.74) is 3.42. The molecule has 3 rings (SSSR count). The molecule has 0 radical (unpaired) electrons. The number of aromatic nitrogens is 1. The summed E-state index contributed by atoms with van der Waals surface area (Å²) in [7, 11) is 1.64. The highest BCUT2D eigenvalue weighted by Gasteiger charge is 2.11. The Labute approximate surface area is 138 Å². The summed E-state index contributed by atoms with van der Waals surface area (Å²) in [5.74, 6) is 0.663. The third-order valence-electron chi connectivity index (χ3n) is 3.50. The summed E-state index contributed by atoms with van der Waals surface area (Å²) in [6.45, 7) is 1.92. The van der Waals surface area contributed by atoms with Gasteiger partial charge in [-0.05, 0) is 42.8 Å². The number of hydrogen-bond acceptors (Lipinski definition) is 4. The number of anilines is 1. The molecule has 1 N–H and O–H groups in total. The van der Waals surface area contributed by atoms with Crippen LogP contribution in [0.2, 0.25) is 0 Å². The van der Waals surface area contributed by atoms with Crippen LogP contribution in [0.4, 0.5) is 5.13 Å². The van der Waals surface area contributed by atoms with E-state index in [0.717, 1.165) is 22.6 Å². The van der Waals surface area contributed by atoms with E-state index in [0.29, 0.717) is 10.7 Å². The van der Waals surface area contributed by atoms with E-state index in [1.54, 1.807) is 7.11 Å². The van der Waals surface area contributed by atoms with Gasteiger partial charge in [-0.1, -0.05) is 18.2 Å². The molecule has 116 valence electrons. The fourth-order valence-electron chi connectivity index (χ4n) is 2.22. The fourth-order valence-corrected chi connectivity index (χ4v) is 2.93. The third kappa shape index (κ3) is 3.40. The van der Waals surface area contributed by atoms with Gasteiger partial charge in [0.25, 0.3) is 5.91 Å². The molecule has 0 atom stereocenters. The first-order chi connectivity index (χ1) is 11.2. The van der Waals surface area contributed by atoms with Gasteiger partial charge in [0, 0.05) is 16.5 Å². The van der Waals surface area contributed by atoms with Crippen molar-refractivity contribution >= 4 is 22.4 Å². The molecule has 5 heteroatoms. The van der Waals surface area contributed by atoms with Crippen LogP contribution in [-0.2, 0) is 0 Å². The summed E-state index contributed by atoms with van der Waals surface area (Å²) < 4.78 is 5.15. The SMILES string of the molecule is COc1ccc(-c2csc(NC(=O)c3ccccc3C)n2)cc1. The smallest absolute Gasteiger partial charge is 0.257 e. The van der Waals surface area contributed by atoms with Crippen LogP contribution in [0.5, 0.6) is 5.75 Å². The molecule has 1 aromatic heterocycles. The highest BCUT2D eigenvalue weighted by Crippen LogP contribution is 2.26. The number of ether oxygens (including phenoxy) is 1. The second kappa shape index (κ2) is 6.62. The summed E-state index contributed by atoms with van der Waals surface area (Å²) in [6.07, 6.45) is 0. The Hall–Kier alpha value is -2.66. The second-order valence-corrected chi connectivity index (χ2v) is 5.89.